The Bertz CT molecular complexity index is 1350. The maximum absolute atomic E-state index is 14.6. The van der Waals surface area contributed by atoms with Gasteiger partial charge >= 0.3 is 0 Å². The molecule has 1 amide bonds. The van der Waals surface area contributed by atoms with Gasteiger partial charge in [0.2, 0.25) is 5.91 Å². The second-order valence-corrected chi connectivity index (χ2v) is 9.47. The first-order valence-corrected chi connectivity index (χ1v) is 12.3. The van der Waals surface area contributed by atoms with Crippen LogP contribution in [0.5, 0.6) is 11.5 Å². The van der Waals surface area contributed by atoms with Crippen molar-refractivity contribution in [1.82, 2.24) is 0 Å². The number of carbonyl (C=O) groups excluding carboxylic acids is 1. The molecule has 4 aromatic rings. The van der Waals surface area contributed by atoms with E-state index in [9.17, 15) is 13.6 Å². The Labute approximate surface area is 212 Å². The van der Waals surface area contributed by atoms with E-state index in [0.29, 0.717) is 22.0 Å². The SMILES string of the molecule is CCSc1ccc(CC(=O)Nc2ccc(-c3cc(F)ccc3F)c(Oc3cccc(Cl)c3)c2)cc1. The second-order valence-electron chi connectivity index (χ2n) is 7.70. The van der Waals surface area contributed by atoms with E-state index in [2.05, 4.69) is 12.2 Å². The Morgan fingerprint density at radius 3 is 2.49 bits per heavy atom. The van der Waals surface area contributed by atoms with Crippen LogP contribution in [0.15, 0.2) is 89.8 Å². The molecule has 0 saturated carbocycles. The van der Waals surface area contributed by atoms with Crippen molar-refractivity contribution in [2.24, 2.45) is 0 Å². The summed E-state index contributed by atoms with van der Waals surface area (Å²) in [4.78, 5) is 13.8. The standard InChI is InChI=1S/C28H22ClF2NO2S/c1-2-35-23-10-6-18(7-11-23)14-28(33)32-21-9-12-24(25-16-20(30)8-13-26(25)31)27(17-21)34-22-5-3-4-19(29)15-22/h3-13,15-17H,2,14H2,1H3,(H,32,33). The third kappa shape index (κ3) is 6.62. The van der Waals surface area contributed by atoms with E-state index >= 15 is 0 Å². The Kier molecular flexibility index (Phi) is 8.06. The lowest BCUT2D eigenvalue weighted by Crippen LogP contribution is -2.14. The zero-order chi connectivity index (χ0) is 24.8. The largest absolute Gasteiger partial charge is 0.457 e. The smallest absolute Gasteiger partial charge is 0.228 e. The van der Waals surface area contributed by atoms with Crippen molar-refractivity contribution >= 4 is 35.0 Å². The molecule has 0 heterocycles. The van der Waals surface area contributed by atoms with Crippen molar-refractivity contribution in [2.75, 3.05) is 11.1 Å². The second kappa shape index (κ2) is 11.4. The minimum absolute atomic E-state index is 0.0462. The van der Waals surface area contributed by atoms with Gasteiger partial charge in [0.05, 0.1) is 6.42 Å². The highest BCUT2D eigenvalue weighted by Gasteiger charge is 2.15. The fourth-order valence-corrected chi connectivity index (χ4v) is 4.37. The van der Waals surface area contributed by atoms with E-state index in [1.165, 1.54) is 0 Å². The summed E-state index contributed by atoms with van der Waals surface area (Å²) in [5.74, 6) is 0.271. The Morgan fingerprint density at radius 2 is 1.74 bits per heavy atom. The highest BCUT2D eigenvalue weighted by Crippen LogP contribution is 2.37. The molecule has 0 fully saturated rings. The molecule has 0 saturated heterocycles. The van der Waals surface area contributed by atoms with Crippen LogP contribution in [0, 0.1) is 11.6 Å². The molecule has 0 bridgehead atoms. The lowest BCUT2D eigenvalue weighted by Gasteiger charge is -2.15. The number of benzene rings is 4. The van der Waals surface area contributed by atoms with Crippen LogP contribution in [-0.2, 0) is 11.2 Å². The number of nitrogens with one attached hydrogen (secondary N) is 1. The molecule has 0 aromatic heterocycles. The first-order chi connectivity index (χ1) is 16.9. The minimum atomic E-state index is -0.594. The molecule has 0 aliphatic rings. The molecule has 0 spiro atoms. The topological polar surface area (TPSA) is 38.3 Å². The van der Waals surface area contributed by atoms with Crippen molar-refractivity contribution in [2.45, 2.75) is 18.2 Å². The number of anilines is 1. The lowest BCUT2D eigenvalue weighted by atomic mass is 10.0. The van der Waals surface area contributed by atoms with Crippen LogP contribution >= 0.6 is 23.4 Å². The summed E-state index contributed by atoms with van der Waals surface area (Å²) in [5.41, 5.74) is 1.73. The summed E-state index contributed by atoms with van der Waals surface area (Å²) in [6.45, 7) is 2.09. The van der Waals surface area contributed by atoms with Gasteiger partial charge in [0.1, 0.15) is 23.1 Å². The molecule has 1 N–H and O–H groups in total. The van der Waals surface area contributed by atoms with Crippen molar-refractivity contribution in [3.8, 4) is 22.6 Å². The average molecular weight is 510 g/mol. The predicted octanol–water partition coefficient (Wildman–Crippen LogP) is 8.37. The van der Waals surface area contributed by atoms with Crippen LogP contribution in [0.2, 0.25) is 5.02 Å². The Morgan fingerprint density at radius 1 is 0.943 bits per heavy atom. The molecule has 7 heteroatoms. The van der Waals surface area contributed by atoms with Crippen molar-refractivity contribution in [3.05, 3.63) is 107 Å². The summed E-state index contributed by atoms with van der Waals surface area (Å²) >= 11 is 7.81. The van der Waals surface area contributed by atoms with Gasteiger partial charge in [-0.05, 0) is 72.0 Å². The summed E-state index contributed by atoms with van der Waals surface area (Å²) in [5, 5.41) is 3.32. The first kappa shape index (κ1) is 24.8. The van der Waals surface area contributed by atoms with Gasteiger partial charge in [-0.25, -0.2) is 8.78 Å². The first-order valence-electron chi connectivity index (χ1n) is 11.0. The summed E-state index contributed by atoms with van der Waals surface area (Å²) < 4.78 is 34.4. The van der Waals surface area contributed by atoms with Crippen molar-refractivity contribution in [3.63, 3.8) is 0 Å². The molecular weight excluding hydrogens is 488 g/mol. The van der Waals surface area contributed by atoms with Gasteiger partial charge in [0.25, 0.3) is 0 Å². The molecule has 4 rings (SSSR count). The van der Waals surface area contributed by atoms with Crippen molar-refractivity contribution in [1.29, 1.82) is 0 Å². The van der Waals surface area contributed by atoms with E-state index < -0.39 is 11.6 Å². The number of hydrogen-bond acceptors (Lipinski definition) is 3. The number of rotatable bonds is 8. The molecule has 35 heavy (non-hydrogen) atoms. The van der Waals surface area contributed by atoms with Gasteiger partial charge in [-0.15, -0.1) is 11.8 Å². The number of carbonyl (C=O) groups is 1. The fourth-order valence-electron chi connectivity index (χ4n) is 3.53. The number of halogens is 3. The predicted molar refractivity (Wildman–Crippen MR) is 138 cm³/mol. The number of thioether (sulfide) groups is 1. The number of amides is 1. The quantitative estimate of drug-likeness (QED) is 0.242. The molecular formula is C28H22ClF2NO2S. The minimum Gasteiger partial charge on any atom is -0.457 e. The summed E-state index contributed by atoms with van der Waals surface area (Å²) in [7, 11) is 0. The molecule has 0 aliphatic carbocycles. The Balaban J connectivity index is 1.60. The highest BCUT2D eigenvalue weighted by atomic mass is 35.5. The normalized spacial score (nSPS) is 10.7. The molecule has 0 radical (unpaired) electrons. The average Bonchev–Trinajstić information content (AvgIpc) is 2.82. The number of ether oxygens (including phenoxy) is 1. The van der Waals surface area contributed by atoms with E-state index in [1.807, 2.05) is 24.3 Å². The van der Waals surface area contributed by atoms with Crippen LogP contribution < -0.4 is 10.1 Å². The molecule has 3 nitrogen and oxygen atoms in total. The van der Waals surface area contributed by atoms with Crippen LogP contribution in [0.3, 0.4) is 0 Å². The van der Waals surface area contributed by atoms with Gasteiger partial charge in [0.15, 0.2) is 0 Å². The summed E-state index contributed by atoms with van der Waals surface area (Å²) in [6.07, 6.45) is 0.196. The zero-order valence-corrected chi connectivity index (χ0v) is 20.4. The zero-order valence-electron chi connectivity index (χ0n) is 18.9. The maximum Gasteiger partial charge on any atom is 0.228 e. The van der Waals surface area contributed by atoms with Gasteiger partial charge < -0.3 is 10.1 Å². The van der Waals surface area contributed by atoms with Crippen LogP contribution in [0.25, 0.3) is 11.1 Å². The van der Waals surface area contributed by atoms with E-state index in [4.69, 9.17) is 16.3 Å². The Hall–Kier alpha value is -3.35. The van der Waals surface area contributed by atoms with Crippen molar-refractivity contribution < 1.29 is 18.3 Å². The maximum atomic E-state index is 14.6. The van der Waals surface area contributed by atoms with E-state index in [-0.39, 0.29) is 23.6 Å². The van der Waals surface area contributed by atoms with Gasteiger partial charge in [-0.3, -0.25) is 4.79 Å². The van der Waals surface area contributed by atoms with E-state index in [1.54, 1.807) is 54.2 Å². The third-order valence-corrected chi connectivity index (χ3v) is 6.24. The molecule has 0 unspecified atom stereocenters. The molecule has 178 valence electrons. The van der Waals surface area contributed by atoms with Gasteiger partial charge in [-0.2, -0.15) is 0 Å². The molecule has 0 aliphatic heterocycles. The van der Waals surface area contributed by atoms with Gasteiger partial charge in [0, 0.05) is 32.8 Å². The fraction of sp³-hybridized carbons (Fsp3) is 0.107. The number of hydrogen-bond donors (Lipinski definition) is 1. The summed E-state index contributed by atoms with van der Waals surface area (Å²) in [6, 6.07) is 22.6. The lowest BCUT2D eigenvalue weighted by molar-refractivity contribution is -0.115. The van der Waals surface area contributed by atoms with E-state index in [0.717, 1.165) is 34.4 Å². The van der Waals surface area contributed by atoms with Crippen LogP contribution in [-0.4, -0.2) is 11.7 Å². The highest BCUT2D eigenvalue weighted by molar-refractivity contribution is 7.99. The van der Waals surface area contributed by atoms with Crippen LogP contribution in [0.1, 0.15) is 12.5 Å². The molecule has 4 aromatic carbocycles. The van der Waals surface area contributed by atoms with Crippen LogP contribution in [0.4, 0.5) is 14.5 Å². The third-order valence-electron chi connectivity index (χ3n) is 5.11. The molecule has 0 atom stereocenters. The van der Waals surface area contributed by atoms with Gasteiger partial charge in [-0.1, -0.05) is 36.7 Å². The monoisotopic (exact) mass is 509 g/mol.